The molecule has 2 aromatic rings. The van der Waals surface area contributed by atoms with Crippen molar-refractivity contribution in [3.8, 4) is 17.0 Å². The number of likely N-dealkylation sites (tertiary alicyclic amines) is 1. The zero-order chi connectivity index (χ0) is 19.5. The van der Waals surface area contributed by atoms with Gasteiger partial charge in [0.2, 0.25) is 11.8 Å². The van der Waals surface area contributed by atoms with E-state index >= 15 is 0 Å². The van der Waals surface area contributed by atoms with Gasteiger partial charge in [-0.1, -0.05) is 6.92 Å². The number of piperidine rings is 1. The third-order valence-corrected chi connectivity index (χ3v) is 6.16. The maximum absolute atomic E-state index is 12.6. The van der Waals surface area contributed by atoms with Crippen molar-refractivity contribution in [2.75, 3.05) is 25.0 Å². The number of thiazole rings is 1. The number of aromatic nitrogens is 1. The van der Waals surface area contributed by atoms with E-state index in [9.17, 15) is 9.59 Å². The monoisotopic (exact) mass is 399 g/mol. The number of anilines is 1. The lowest BCUT2D eigenvalue weighted by molar-refractivity contribution is -0.134. The molecule has 1 N–H and O–H groups in total. The predicted octanol–water partition coefficient (Wildman–Crippen LogP) is 3.72. The Morgan fingerprint density at radius 1 is 1.32 bits per heavy atom. The van der Waals surface area contributed by atoms with Gasteiger partial charge in [-0.25, -0.2) is 4.98 Å². The number of ether oxygens (including phenoxy) is 1. The van der Waals surface area contributed by atoms with Crippen molar-refractivity contribution in [2.45, 2.75) is 39.0 Å². The van der Waals surface area contributed by atoms with Gasteiger partial charge in [0.1, 0.15) is 5.75 Å². The second-order valence-corrected chi connectivity index (χ2v) is 8.21. The molecule has 1 aromatic carbocycles. The molecule has 2 amide bonds. The van der Waals surface area contributed by atoms with Gasteiger partial charge in [-0.2, -0.15) is 0 Å². The first kappa shape index (κ1) is 18.9. The second kappa shape index (κ2) is 8.31. The fourth-order valence-electron chi connectivity index (χ4n) is 3.78. The topological polar surface area (TPSA) is 71.5 Å². The first-order chi connectivity index (χ1) is 13.6. The molecule has 0 aliphatic carbocycles. The molecular formula is C21H25N3O3S. The molecule has 2 aliphatic heterocycles. The lowest BCUT2D eigenvalue weighted by Crippen LogP contribution is -2.41. The number of fused-ring (bicyclic) bond motifs is 1. The van der Waals surface area contributed by atoms with E-state index in [1.54, 1.807) is 0 Å². The number of nitrogens with zero attached hydrogens (tertiary/aromatic N) is 2. The summed E-state index contributed by atoms with van der Waals surface area (Å²) in [5.41, 5.74) is 3.12. The highest BCUT2D eigenvalue weighted by atomic mass is 32.1. The molecule has 1 fully saturated rings. The number of carbonyl (C=O) groups excluding carboxylic acids is 2. The highest BCUT2D eigenvalue weighted by Crippen LogP contribution is 2.32. The summed E-state index contributed by atoms with van der Waals surface area (Å²) in [6.45, 7) is 4.07. The molecule has 2 aliphatic rings. The van der Waals surface area contributed by atoms with Crippen molar-refractivity contribution < 1.29 is 14.3 Å². The minimum absolute atomic E-state index is 0.00541. The summed E-state index contributed by atoms with van der Waals surface area (Å²) >= 11 is 1.44. The van der Waals surface area contributed by atoms with Crippen LogP contribution in [0.4, 0.5) is 5.13 Å². The highest BCUT2D eigenvalue weighted by molar-refractivity contribution is 7.14. The number of amides is 2. The van der Waals surface area contributed by atoms with E-state index in [0.29, 0.717) is 37.5 Å². The minimum Gasteiger partial charge on any atom is -0.493 e. The molecule has 3 heterocycles. The molecule has 28 heavy (non-hydrogen) atoms. The number of hydrogen-bond acceptors (Lipinski definition) is 5. The maximum Gasteiger partial charge on any atom is 0.229 e. The fourth-order valence-corrected chi connectivity index (χ4v) is 4.50. The Balaban J connectivity index is 1.34. The molecule has 0 atom stereocenters. The van der Waals surface area contributed by atoms with Crippen molar-refractivity contribution in [3.05, 3.63) is 29.1 Å². The molecule has 7 heteroatoms. The van der Waals surface area contributed by atoms with Gasteiger partial charge in [0.15, 0.2) is 5.13 Å². The smallest absolute Gasteiger partial charge is 0.229 e. The van der Waals surface area contributed by atoms with Crippen LogP contribution in [0.5, 0.6) is 5.75 Å². The van der Waals surface area contributed by atoms with Gasteiger partial charge in [0.05, 0.1) is 12.3 Å². The lowest BCUT2D eigenvalue weighted by Gasteiger charge is -2.31. The van der Waals surface area contributed by atoms with Gasteiger partial charge in [-0.15, -0.1) is 11.3 Å². The number of carbonyl (C=O) groups is 2. The van der Waals surface area contributed by atoms with Crippen LogP contribution in [-0.4, -0.2) is 41.4 Å². The zero-order valence-corrected chi connectivity index (χ0v) is 16.9. The summed E-state index contributed by atoms with van der Waals surface area (Å²) in [6, 6.07) is 6.11. The third-order valence-electron chi connectivity index (χ3n) is 5.40. The third kappa shape index (κ3) is 4.04. The Hall–Kier alpha value is -2.41. The Bertz CT molecular complexity index is 872. The van der Waals surface area contributed by atoms with Crippen LogP contribution in [0.2, 0.25) is 0 Å². The van der Waals surface area contributed by atoms with E-state index in [0.717, 1.165) is 36.5 Å². The van der Waals surface area contributed by atoms with Crippen LogP contribution in [0.3, 0.4) is 0 Å². The summed E-state index contributed by atoms with van der Waals surface area (Å²) in [6.07, 6.45) is 3.81. The fraction of sp³-hybridized carbons (Fsp3) is 0.476. The number of nitrogens with one attached hydrogen (secondary N) is 1. The van der Waals surface area contributed by atoms with Crippen LogP contribution in [-0.2, 0) is 16.0 Å². The summed E-state index contributed by atoms with van der Waals surface area (Å²) < 4.78 is 5.55. The van der Waals surface area contributed by atoms with Crippen LogP contribution >= 0.6 is 11.3 Å². The van der Waals surface area contributed by atoms with Crippen molar-refractivity contribution in [2.24, 2.45) is 5.92 Å². The normalized spacial score (nSPS) is 16.5. The van der Waals surface area contributed by atoms with Crippen molar-refractivity contribution in [3.63, 3.8) is 0 Å². The first-order valence-corrected chi connectivity index (χ1v) is 10.8. The van der Waals surface area contributed by atoms with E-state index in [2.05, 4.69) is 16.4 Å². The second-order valence-electron chi connectivity index (χ2n) is 7.35. The Labute approximate surface area is 168 Å². The van der Waals surface area contributed by atoms with Crippen LogP contribution < -0.4 is 10.1 Å². The molecular weight excluding hydrogens is 374 g/mol. The van der Waals surface area contributed by atoms with Gasteiger partial charge in [-0.3, -0.25) is 9.59 Å². The average Bonchev–Trinajstić information content (AvgIpc) is 3.37. The SMILES string of the molecule is CCCC(=O)N1CCC(C(=O)Nc2nc(-c3ccc4c(c3)CCO4)cs2)CC1. The van der Waals surface area contributed by atoms with Crippen LogP contribution in [0, 0.1) is 5.92 Å². The Morgan fingerprint density at radius 2 is 2.14 bits per heavy atom. The van der Waals surface area contributed by atoms with Crippen molar-refractivity contribution >= 4 is 28.3 Å². The van der Waals surface area contributed by atoms with E-state index in [-0.39, 0.29) is 17.7 Å². The van der Waals surface area contributed by atoms with Gasteiger partial charge in [0.25, 0.3) is 0 Å². The van der Waals surface area contributed by atoms with Crippen LogP contribution in [0.25, 0.3) is 11.3 Å². The number of hydrogen-bond donors (Lipinski definition) is 1. The maximum atomic E-state index is 12.6. The largest absolute Gasteiger partial charge is 0.493 e. The molecule has 0 unspecified atom stereocenters. The predicted molar refractivity (Wildman–Crippen MR) is 110 cm³/mol. The molecule has 0 radical (unpaired) electrons. The van der Waals surface area contributed by atoms with Crippen LogP contribution in [0.15, 0.2) is 23.6 Å². The standard InChI is InChI=1S/C21H25N3O3S/c1-2-3-19(25)24-9-6-14(7-10-24)20(26)23-21-22-17(13-28-21)15-4-5-18-16(12-15)8-11-27-18/h4-5,12-14H,2-3,6-11H2,1H3,(H,22,23,26). The van der Waals surface area contributed by atoms with E-state index in [1.165, 1.54) is 16.9 Å². The molecule has 4 rings (SSSR count). The number of benzene rings is 1. The average molecular weight is 400 g/mol. The summed E-state index contributed by atoms with van der Waals surface area (Å²) in [4.78, 5) is 31.1. The van der Waals surface area contributed by atoms with Gasteiger partial charge in [-0.05, 0) is 43.0 Å². The van der Waals surface area contributed by atoms with E-state index < -0.39 is 0 Å². The molecule has 0 saturated carbocycles. The molecule has 1 saturated heterocycles. The van der Waals surface area contributed by atoms with Crippen LogP contribution in [0.1, 0.15) is 38.2 Å². The number of rotatable bonds is 5. The molecule has 0 spiro atoms. The highest BCUT2D eigenvalue weighted by Gasteiger charge is 2.27. The molecule has 1 aromatic heterocycles. The van der Waals surface area contributed by atoms with Gasteiger partial charge in [0, 0.05) is 42.8 Å². The summed E-state index contributed by atoms with van der Waals surface area (Å²) in [5.74, 6) is 1.10. The first-order valence-electron chi connectivity index (χ1n) is 9.94. The van der Waals surface area contributed by atoms with E-state index in [4.69, 9.17) is 4.74 Å². The molecule has 6 nitrogen and oxygen atoms in total. The lowest BCUT2D eigenvalue weighted by atomic mass is 9.95. The zero-order valence-electron chi connectivity index (χ0n) is 16.1. The molecule has 0 bridgehead atoms. The summed E-state index contributed by atoms with van der Waals surface area (Å²) in [5, 5.41) is 5.56. The van der Waals surface area contributed by atoms with Gasteiger partial charge < -0.3 is 15.0 Å². The Morgan fingerprint density at radius 3 is 2.93 bits per heavy atom. The minimum atomic E-state index is -0.0600. The summed E-state index contributed by atoms with van der Waals surface area (Å²) in [7, 11) is 0. The van der Waals surface area contributed by atoms with Crippen molar-refractivity contribution in [1.82, 2.24) is 9.88 Å². The van der Waals surface area contributed by atoms with Crippen molar-refractivity contribution in [1.29, 1.82) is 0 Å². The van der Waals surface area contributed by atoms with Gasteiger partial charge >= 0.3 is 0 Å². The Kier molecular flexibility index (Phi) is 5.62. The van der Waals surface area contributed by atoms with E-state index in [1.807, 2.05) is 29.3 Å². The quantitative estimate of drug-likeness (QED) is 0.832. The molecule has 148 valence electrons.